The second-order valence-corrected chi connectivity index (χ2v) is 6.99. The fourth-order valence-electron chi connectivity index (χ4n) is 3.03. The smallest absolute Gasteiger partial charge is 0.182 e. The first-order valence-corrected chi connectivity index (χ1v) is 8.47. The number of hydrogen-bond donors (Lipinski definition) is 1. The molecule has 0 bridgehead atoms. The van der Waals surface area contributed by atoms with Crippen molar-refractivity contribution in [3.05, 3.63) is 76.1 Å². The number of benzene rings is 2. The van der Waals surface area contributed by atoms with E-state index in [4.69, 9.17) is 17.0 Å². The highest BCUT2D eigenvalue weighted by Crippen LogP contribution is 2.35. The first-order chi connectivity index (χ1) is 11.8. The summed E-state index contributed by atoms with van der Waals surface area (Å²) in [5, 5.41) is 0. The Kier molecular flexibility index (Phi) is 4.52. The topological polar surface area (TPSA) is 29.9 Å². The minimum atomic E-state index is -0.330. The second kappa shape index (κ2) is 6.48. The van der Waals surface area contributed by atoms with Crippen LogP contribution in [0.3, 0.4) is 0 Å². The van der Waals surface area contributed by atoms with Crippen LogP contribution < -0.4 is 4.74 Å². The van der Waals surface area contributed by atoms with Gasteiger partial charge in [-0.3, -0.25) is 4.57 Å². The van der Waals surface area contributed by atoms with Crippen molar-refractivity contribution in [3.63, 3.8) is 0 Å². The summed E-state index contributed by atoms with van der Waals surface area (Å²) in [5.74, 6) is 0.586. The van der Waals surface area contributed by atoms with Gasteiger partial charge in [0.05, 0.1) is 12.8 Å². The molecule has 2 aromatic carbocycles. The molecule has 0 saturated carbocycles. The van der Waals surface area contributed by atoms with Crippen molar-refractivity contribution < 1.29 is 9.13 Å². The van der Waals surface area contributed by atoms with Gasteiger partial charge in [0.25, 0.3) is 0 Å². The third kappa shape index (κ3) is 3.12. The molecular weight excluding hydrogens is 335 g/mol. The molecule has 0 aliphatic rings. The Morgan fingerprint density at radius 3 is 2.44 bits per heavy atom. The maximum atomic E-state index is 13.3. The molecule has 0 spiro atoms. The van der Waals surface area contributed by atoms with E-state index in [1.54, 1.807) is 19.2 Å². The van der Waals surface area contributed by atoms with Gasteiger partial charge in [-0.2, -0.15) is 0 Å². The Morgan fingerprint density at radius 1 is 1.12 bits per heavy atom. The summed E-state index contributed by atoms with van der Waals surface area (Å²) >= 11 is 5.46. The number of aromatic amines is 1. The number of nitrogens with one attached hydrogen (secondary N) is 1. The van der Waals surface area contributed by atoms with E-state index in [-0.39, 0.29) is 11.2 Å². The Hall–Kier alpha value is -2.40. The lowest BCUT2D eigenvalue weighted by Gasteiger charge is -2.27. The van der Waals surface area contributed by atoms with E-state index in [9.17, 15) is 4.39 Å². The lowest BCUT2D eigenvalue weighted by Crippen LogP contribution is -2.23. The summed E-state index contributed by atoms with van der Waals surface area (Å²) < 4.78 is 21.3. The molecule has 0 amide bonds. The van der Waals surface area contributed by atoms with Crippen LogP contribution in [0.1, 0.15) is 30.7 Å². The second-order valence-electron chi connectivity index (χ2n) is 6.60. The Morgan fingerprint density at radius 2 is 1.80 bits per heavy atom. The molecule has 0 saturated heterocycles. The highest BCUT2D eigenvalue weighted by atomic mass is 32.1. The molecule has 0 fully saturated rings. The van der Waals surface area contributed by atoms with Crippen molar-refractivity contribution in [2.75, 3.05) is 7.11 Å². The van der Waals surface area contributed by atoms with Crippen LogP contribution in [0.2, 0.25) is 0 Å². The van der Waals surface area contributed by atoms with E-state index >= 15 is 0 Å². The number of methoxy groups -OCH3 is 1. The molecule has 3 rings (SSSR count). The molecule has 0 radical (unpaired) electrons. The van der Waals surface area contributed by atoms with E-state index in [1.807, 2.05) is 17.7 Å². The van der Waals surface area contributed by atoms with Gasteiger partial charge < -0.3 is 9.72 Å². The van der Waals surface area contributed by atoms with Crippen LogP contribution >= 0.6 is 12.2 Å². The Labute approximate surface area is 152 Å². The monoisotopic (exact) mass is 356 g/mol. The molecule has 3 nitrogen and oxygen atoms in total. The van der Waals surface area contributed by atoms with Gasteiger partial charge in [0.15, 0.2) is 4.77 Å². The van der Waals surface area contributed by atoms with Gasteiger partial charge >= 0.3 is 0 Å². The van der Waals surface area contributed by atoms with E-state index in [2.05, 4.69) is 37.0 Å². The highest BCUT2D eigenvalue weighted by Gasteiger charge is 2.28. The first kappa shape index (κ1) is 17.4. The largest absolute Gasteiger partial charge is 0.496 e. The predicted molar refractivity (Wildman–Crippen MR) is 101 cm³/mol. The number of aryl methyl sites for hydroxylation is 1. The Bertz CT molecular complexity index is 955. The number of hydrogen-bond acceptors (Lipinski definition) is 2. The summed E-state index contributed by atoms with van der Waals surface area (Å²) in [4.78, 5) is 3.12. The molecule has 130 valence electrons. The molecule has 1 N–H and O–H groups in total. The van der Waals surface area contributed by atoms with Gasteiger partial charge in [-0.25, -0.2) is 4.39 Å². The molecule has 0 unspecified atom stereocenters. The summed E-state index contributed by atoms with van der Waals surface area (Å²) in [7, 11) is 1.68. The third-order valence-electron chi connectivity index (χ3n) is 4.63. The lowest BCUT2D eigenvalue weighted by atomic mass is 9.81. The van der Waals surface area contributed by atoms with Gasteiger partial charge in [0, 0.05) is 17.3 Å². The van der Waals surface area contributed by atoms with Crippen LogP contribution in [0.15, 0.2) is 48.7 Å². The van der Waals surface area contributed by atoms with Crippen LogP contribution in [0, 0.1) is 17.5 Å². The van der Waals surface area contributed by atoms with Crippen molar-refractivity contribution in [2.45, 2.75) is 26.2 Å². The zero-order chi connectivity index (χ0) is 18.2. The van der Waals surface area contributed by atoms with Gasteiger partial charge in [0.1, 0.15) is 11.6 Å². The van der Waals surface area contributed by atoms with Gasteiger partial charge in [0.2, 0.25) is 0 Å². The minimum absolute atomic E-state index is 0.269. The van der Waals surface area contributed by atoms with Crippen molar-refractivity contribution in [3.8, 4) is 11.4 Å². The predicted octanol–water partition coefficient (Wildman–Crippen LogP) is 5.32. The van der Waals surface area contributed by atoms with Gasteiger partial charge in [-0.15, -0.1) is 0 Å². The number of imidazole rings is 1. The number of nitrogens with zero attached hydrogens (tertiary/aromatic N) is 1. The SMILES string of the molecule is COc1cc(C(C)(C)c2c[nH]c(=S)n2-c2ccc(F)cc2)ccc1C. The average molecular weight is 356 g/mol. The summed E-state index contributed by atoms with van der Waals surface area (Å²) in [6.45, 7) is 6.29. The van der Waals surface area contributed by atoms with Crippen LogP contribution in [0.4, 0.5) is 4.39 Å². The van der Waals surface area contributed by atoms with Crippen molar-refractivity contribution in [2.24, 2.45) is 0 Å². The van der Waals surface area contributed by atoms with Crippen LogP contribution in [0.25, 0.3) is 5.69 Å². The molecule has 1 aromatic heterocycles. The summed E-state index contributed by atoms with van der Waals surface area (Å²) in [5.41, 5.74) is 3.69. The molecule has 0 aliphatic heterocycles. The average Bonchev–Trinajstić information content (AvgIpc) is 2.98. The van der Waals surface area contributed by atoms with Crippen LogP contribution in [0.5, 0.6) is 5.75 Å². The number of ether oxygens (including phenoxy) is 1. The third-order valence-corrected chi connectivity index (χ3v) is 4.93. The van der Waals surface area contributed by atoms with Crippen molar-refractivity contribution in [1.29, 1.82) is 0 Å². The molecule has 1 heterocycles. The van der Waals surface area contributed by atoms with E-state index in [0.29, 0.717) is 4.77 Å². The zero-order valence-electron chi connectivity index (χ0n) is 14.8. The maximum Gasteiger partial charge on any atom is 0.182 e. The number of rotatable bonds is 4. The van der Waals surface area contributed by atoms with Gasteiger partial charge in [-0.05, 0) is 60.6 Å². The molecule has 5 heteroatoms. The number of halogens is 1. The highest BCUT2D eigenvalue weighted by molar-refractivity contribution is 7.71. The molecular formula is C20H21FN2OS. The minimum Gasteiger partial charge on any atom is -0.496 e. The number of aromatic nitrogens is 2. The normalized spacial score (nSPS) is 11.6. The fourth-order valence-corrected chi connectivity index (χ4v) is 3.29. The molecule has 25 heavy (non-hydrogen) atoms. The van der Waals surface area contributed by atoms with Crippen molar-refractivity contribution in [1.82, 2.24) is 9.55 Å². The van der Waals surface area contributed by atoms with Crippen LogP contribution in [-0.4, -0.2) is 16.7 Å². The molecule has 0 atom stereocenters. The molecule has 3 aromatic rings. The summed E-state index contributed by atoms with van der Waals surface area (Å²) in [6, 6.07) is 12.6. The number of H-pyrrole nitrogens is 1. The lowest BCUT2D eigenvalue weighted by molar-refractivity contribution is 0.410. The van der Waals surface area contributed by atoms with E-state index < -0.39 is 0 Å². The summed E-state index contributed by atoms with van der Waals surface area (Å²) in [6.07, 6.45) is 1.91. The van der Waals surface area contributed by atoms with E-state index in [0.717, 1.165) is 28.3 Å². The zero-order valence-corrected chi connectivity index (χ0v) is 15.6. The quantitative estimate of drug-likeness (QED) is 0.642. The van der Waals surface area contributed by atoms with E-state index in [1.165, 1.54) is 12.1 Å². The van der Waals surface area contributed by atoms with Gasteiger partial charge in [-0.1, -0.05) is 26.0 Å². The maximum absolute atomic E-state index is 13.3. The molecule has 0 aliphatic carbocycles. The first-order valence-electron chi connectivity index (χ1n) is 8.06. The van der Waals surface area contributed by atoms with Crippen LogP contribution in [-0.2, 0) is 5.41 Å². The Balaban J connectivity index is 2.16. The standard InChI is InChI=1S/C20H21FN2OS/c1-13-5-6-14(11-17(13)24-4)20(2,3)18-12-22-19(25)23(18)16-9-7-15(21)8-10-16/h5-12H,1-4H3,(H,22,25). The fraction of sp³-hybridized carbons (Fsp3) is 0.250. The van der Waals surface area contributed by atoms with Crippen molar-refractivity contribution >= 4 is 12.2 Å².